The van der Waals surface area contributed by atoms with E-state index >= 15 is 0 Å². The van der Waals surface area contributed by atoms with Gasteiger partial charge in [-0.1, -0.05) is 24.3 Å². The van der Waals surface area contributed by atoms with E-state index in [0.717, 1.165) is 16.8 Å². The van der Waals surface area contributed by atoms with Gasteiger partial charge in [0.05, 0.1) is 12.7 Å². The van der Waals surface area contributed by atoms with Gasteiger partial charge in [-0.05, 0) is 54.7 Å². The largest absolute Gasteiger partial charge is 0.508 e. The molecule has 0 saturated heterocycles. The molecule has 1 aliphatic carbocycles. The number of hydrogen-bond acceptors (Lipinski definition) is 5. The molecule has 0 amide bonds. The first-order valence-corrected chi connectivity index (χ1v) is 9.75. The molecule has 1 aliphatic heterocycles. The summed E-state index contributed by atoms with van der Waals surface area (Å²) in [6, 6.07) is 12.7. The Kier molecular flexibility index (Phi) is 5.16. The van der Waals surface area contributed by atoms with Crippen LogP contribution < -0.4 is 5.32 Å². The van der Waals surface area contributed by atoms with Crippen LogP contribution in [0.25, 0.3) is 0 Å². The van der Waals surface area contributed by atoms with Gasteiger partial charge in [0.2, 0.25) is 0 Å². The summed E-state index contributed by atoms with van der Waals surface area (Å²) in [6.45, 7) is 1.79. The molecule has 2 aromatic carbocycles. The van der Waals surface area contributed by atoms with Gasteiger partial charge in [-0.25, -0.2) is 9.18 Å². The molecule has 2 N–H and O–H groups in total. The van der Waals surface area contributed by atoms with E-state index in [9.17, 15) is 19.1 Å². The first-order chi connectivity index (χ1) is 14.4. The number of phenolic OH excluding ortho intramolecular Hbond substituents is 1. The maximum absolute atomic E-state index is 13.3. The van der Waals surface area contributed by atoms with Crippen molar-refractivity contribution < 1.29 is 23.8 Å². The number of rotatable bonds is 3. The predicted octanol–water partition coefficient (Wildman–Crippen LogP) is 4.07. The molecule has 0 saturated carbocycles. The van der Waals surface area contributed by atoms with Gasteiger partial charge in [0, 0.05) is 29.3 Å². The number of esters is 1. The molecular formula is C24H22FNO4. The average molecular weight is 407 g/mol. The van der Waals surface area contributed by atoms with E-state index < -0.39 is 11.9 Å². The molecule has 2 aromatic rings. The first-order valence-electron chi connectivity index (χ1n) is 9.75. The molecule has 4 rings (SSSR count). The summed E-state index contributed by atoms with van der Waals surface area (Å²) in [6.07, 6.45) is 0.849. The molecule has 0 spiro atoms. The van der Waals surface area contributed by atoms with Crippen LogP contribution in [0.15, 0.2) is 71.1 Å². The second-order valence-corrected chi connectivity index (χ2v) is 7.65. The lowest BCUT2D eigenvalue weighted by atomic mass is 9.72. The molecule has 2 aliphatic rings. The maximum Gasteiger partial charge on any atom is 0.336 e. The third-order valence-electron chi connectivity index (χ3n) is 5.80. The van der Waals surface area contributed by atoms with Crippen LogP contribution >= 0.6 is 0 Å². The number of ether oxygens (including phenoxy) is 1. The SMILES string of the molecule is COC(=O)C1=C(C)NC2=C(C(=O)C[C@H](c3ccc(F)cc3)C2)[C@@H]1c1ccc(O)cc1. The highest BCUT2D eigenvalue weighted by Gasteiger charge is 2.41. The van der Waals surface area contributed by atoms with Gasteiger partial charge in [0.25, 0.3) is 0 Å². The average Bonchev–Trinajstić information content (AvgIpc) is 2.73. The van der Waals surface area contributed by atoms with E-state index in [1.807, 2.05) is 0 Å². The summed E-state index contributed by atoms with van der Waals surface area (Å²) in [5.41, 5.74) is 3.96. The summed E-state index contributed by atoms with van der Waals surface area (Å²) in [5.74, 6) is -1.42. The van der Waals surface area contributed by atoms with E-state index in [4.69, 9.17) is 4.74 Å². The van der Waals surface area contributed by atoms with E-state index in [2.05, 4.69) is 5.32 Å². The molecule has 30 heavy (non-hydrogen) atoms. The van der Waals surface area contributed by atoms with Gasteiger partial charge < -0.3 is 15.2 Å². The van der Waals surface area contributed by atoms with Crippen LogP contribution in [-0.4, -0.2) is 24.0 Å². The van der Waals surface area contributed by atoms with Gasteiger partial charge in [-0.3, -0.25) is 4.79 Å². The minimum Gasteiger partial charge on any atom is -0.508 e. The minimum atomic E-state index is -0.573. The Morgan fingerprint density at radius 3 is 2.33 bits per heavy atom. The summed E-state index contributed by atoms with van der Waals surface area (Å²) >= 11 is 0. The van der Waals surface area contributed by atoms with Crippen molar-refractivity contribution in [1.82, 2.24) is 5.32 Å². The fourth-order valence-corrected chi connectivity index (χ4v) is 4.39. The Balaban J connectivity index is 1.79. The Hall–Kier alpha value is -3.41. The van der Waals surface area contributed by atoms with Gasteiger partial charge >= 0.3 is 5.97 Å². The van der Waals surface area contributed by atoms with Crippen LogP contribution in [0.2, 0.25) is 0 Å². The zero-order valence-electron chi connectivity index (χ0n) is 16.7. The third-order valence-corrected chi connectivity index (χ3v) is 5.80. The molecule has 154 valence electrons. The van der Waals surface area contributed by atoms with Gasteiger partial charge in [0.1, 0.15) is 11.6 Å². The van der Waals surface area contributed by atoms with Gasteiger partial charge in [-0.2, -0.15) is 0 Å². The van der Waals surface area contributed by atoms with E-state index in [-0.39, 0.29) is 29.7 Å². The second-order valence-electron chi connectivity index (χ2n) is 7.65. The highest BCUT2D eigenvalue weighted by molar-refractivity contribution is 6.04. The fraction of sp³-hybridized carbons (Fsp3) is 0.250. The van der Waals surface area contributed by atoms with E-state index in [1.165, 1.54) is 31.4 Å². The molecule has 6 heteroatoms. The number of phenols is 1. The number of allylic oxidation sites excluding steroid dienone is 3. The molecule has 1 heterocycles. The van der Waals surface area contributed by atoms with Gasteiger partial charge in [0.15, 0.2) is 5.78 Å². The number of halogens is 1. The smallest absolute Gasteiger partial charge is 0.336 e. The van der Waals surface area contributed by atoms with Crippen LogP contribution in [0.1, 0.15) is 42.7 Å². The highest BCUT2D eigenvalue weighted by atomic mass is 19.1. The number of nitrogens with one attached hydrogen (secondary N) is 1. The minimum absolute atomic E-state index is 0.0648. The van der Waals surface area contributed by atoms with Crippen molar-refractivity contribution in [3.8, 4) is 5.75 Å². The number of ketones is 1. The zero-order chi connectivity index (χ0) is 21.4. The monoisotopic (exact) mass is 407 g/mol. The quantitative estimate of drug-likeness (QED) is 0.751. The van der Waals surface area contributed by atoms with Crippen molar-refractivity contribution in [3.63, 3.8) is 0 Å². The Morgan fingerprint density at radius 2 is 1.70 bits per heavy atom. The molecule has 5 nitrogen and oxygen atoms in total. The highest BCUT2D eigenvalue weighted by Crippen LogP contribution is 2.45. The summed E-state index contributed by atoms with van der Waals surface area (Å²) in [5, 5.41) is 12.9. The zero-order valence-corrected chi connectivity index (χ0v) is 16.7. The van der Waals surface area contributed by atoms with Crippen LogP contribution in [0, 0.1) is 5.82 Å². The first kappa shape index (κ1) is 19.9. The Labute approximate surface area is 173 Å². The molecule has 2 atom stereocenters. The van der Waals surface area contributed by atoms with Crippen LogP contribution in [0.4, 0.5) is 4.39 Å². The Bertz CT molecular complexity index is 1070. The normalized spacial score (nSPS) is 21.2. The lowest BCUT2D eigenvalue weighted by molar-refractivity contribution is -0.136. The standard InChI is InChI=1S/C24H22FNO4/c1-13-21(24(29)30-2)22(15-5-9-18(27)10-6-15)23-19(26-13)11-16(12-20(23)28)14-3-7-17(25)8-4-14/h3-10,16,22,26-27H,11-12H2,1-2H3/t16-,22-/m1/s1. The number of carbonyl (C=O) groups excluding carboxylic acids is 2. The van der Waals surface area contributed by atoms with Crippen molar-refractivity contribution in [2.75, 3.05) is 7.11 Å². The molecule has 0 aromatic heterocycles. The molecule has 0 unspecified atom stereocenters. The van der Waals surface area contributed by atoms with Crippen LogP contribution in [0.5, 0.6) is 5.75 Å². The van der Waals surface area contributed by atoms with Crippen molar-refractivity contribution in [3.05, 3.63) is 88.0 Å². The van der Waals surface area contributed by atoms with Crippen molar-refractivity contribution >= 4 is 11.8 Å². The number of Topliss-reactive ketones (excluding diaryl/α,β-unsaturated/α-hetero) is 1. The molecule has 0 bridgehead atoms. The topological polar surface area (TPSA) is 75.6 Å². The number of dihydropyridines is 1. The summed E-state index contributed by atoms with van der Waals surface area (Å²) in [4.78, 5) is 25.9. The van der Waals surface area contributed by atoms with Crippen molar-refractivity contribution in [2.24, 2.45) is 0 Å². The fourth-order valence-electron chi connectivity index (χ4n) is 4.39. The second kappa shape index (κ2) is 7.78. The van der Waals surface area contributed by atoms with Crippen molar-refractivity contribution in [2.45, 2.75) is 31.6 Å². The molecule has 0 fully saturated rings. The summed E-state index contributed by atoms with van der Waals surface area (Å²) in [7, 11) is 1.31. The number of benzene rings is 2. The van der Waals surface area contributed by atoms with Crippen LogP contribution in [0.3, 0.4) is 0 Å². The van der Waals surface area contributed by atoms with E-state index in [0.29, 0.717) is 23.3 Å². The summed E-state index contributed by atoms with van der Waals surface area (Å²) < 4.78 is 18.3. The Morgan fingerprint density at radius 1 is 1.07 bits per heavy atom. The number of carbonyl (C=O) groups is 2. The maximum atomic E-state index is 13.3. The predicted molar refractivity (Wildman–Crippen MR) is 109 cm³/mol. The lowest BCUT2D eigenvalue weighted by Crippen LogP contribution is -2.36. The number of hydrogen-bond donors (Lipinski definition) is 2. The van der Waals surface area contributed by atoms with Crippen LogP contribution in [-0.2, 0) is 14.3 Å². The molecular weight excluding hydrogens is 385 g/mol. The van der Waals surface area contributed by atoms with Crippen molar-refractivity contribution in [1.29, 1.82) is 0 Å². The number of aromatic hydroxyl groups is 1. The van der Waals surface area contributed by atoms with Gasteiger partial charge in [-0.15, -0.1) is 0 Å². The lowest BCUT2D eigenvalue weighted by Gasteiger charge is -2.36. The third kappa shape index (κ3) is 3.49. The van der Waals surface area contributed by atoms with E-state index in [1.54, 1.807) is 31.2 Å². The number of methoxy groups -OCH3 is 1. The molecule has 0 radical (unpaired) electrons.